The molecule has 0 spiro atoms. The number of β-amino-alcohol motifs (C(OH)–C–C–N with tert-alkyl or cyclic N) is 1. The number of ether oxygens (including phenoxy) is 2. The molecule has 7 heteroatoms. The molecule has 2 aromatic carbocycles. The summed E-state index contributed by atoms with van der Waals surface area (Å²) < 4.78 is 10.7. The van der Waals surface area contributed by atoms with E-state index >= 15 is 0 Å². The van der Waals surface area contributed by atoms with Crippen LogP contribution in [0.1, 0.15) is 39.6 Å². The topological polar surface area (TPSA) is 96.3 Å². The monoisotopic (exact) mass is 385 g/mol. The SMILES string of the molecule is COc1ccc(OC)c2c1CN(C(=O)CCc1ccccc1C(=O)O)CC2O. The van der Waals surface area contributed by atoms with Crippen molar-refractivity contribution in [3.63, 3.8) is 0 Å². The third kappa shape index (κ3) is 3.80. The van der Waals surface area contributed by atoms with Gasteiger partial charge in [0.05, 0.1) is 26.3 Å². The highest BCUT2D eigenvalue weighted by Crippen LogP contribution is 2.39. The first-order valence-electron chi connectivity index (χ1n) is 8.97. The number of methoxy groups -OCH3 is 2. The summed E-state index contributed by atoms with van der Waals surface area (Å²) in [7, 11) is 3.07. The maximum absolute atomic E-state index is 12.8. The van der Waals surface area contributed by atoms with E-state index in [0.717, 1.165) is 5.56 Å². The van der Waals surface area contributed by atoms with Crippen LogP contribution in [0.4, 0.5) is 0 Å². The number of carbonyl (C=O) groups excluding carboxylic acids is 1. The number of hydrogen-bond donors (Lipinski definition) is 2. The Morgan fingerprint density at radius 2 is 1.79 bits per heavy atom. The number of hydrogen-bond acceptors (Lipinski definition) is 5. The number of carboxylic acids is 1. The number of nitrogens with zero attached hydrogens (tertiary/aromatic N) is 1. The number of benzene rings is 2. The molecular weight excluding hydrogens is 362 g/mol. The second-order valence-corrected chi connectivity index (χ2v) is 6.61. The quantitative estimate of drug-likeness (QED) is 0.793. The minimum absolute atomic E-state index is 0.149. The highest BCUT2D eigenvalue weighted by Gasteiger charge is 2.31. The van der Waals surface area contributed by atoms with Crippen LogP contribution in [-0.4, -0.2) is 47.8 Å². The Bertz CT molecular complexity index is 894. The Kier molecular flexibility index (Phi) is 5.84. The summed E-state index contributed by atoms with van der Waals surface area (Å²) in [6, 6.07) is 10.1. The van der Waals surface area contributed by atoms with Crippen molar-refractivity contribution in [2.75, 3.05) is 20.8 Å². The molecule has 1 aliphatic heterocycles. The van der Waals surface area contributed by atoms with Crippen LogP contribution in [0, 0.1) is 0 Å². The zero-order chi connectivity index (χ0) is 20.3. The minimum atomic E-state index is -1.01. The lowest BCUT2D eigenvalue weighted by Crippen LogP contribution is -2.38. The Balaban J connectivity index is 1.78. The van der Waals surface area contributed by atoms with Gasteiger partial charge in [0.25, 0.3) is 0 Å². The van der Waals surface area contributed by atoms with Crippen molar-refractivity contribution in [1.82, 2.24) is 4.90 Å². The number of amides is 1. The molecule has 1 atom stereocenters. The number of rotatable bonds is 6. The number of fused-ring (bicyclic) bond motifs is 1. The first-order chi connectivity index (χ1) is 13.5. The third-order valence-corrected chi connectivity index (χ3v) is 5.00. The maximum atomic E-state index is 12.8. The van der Waals surface area contributed by atoms with Crippen LogP contribution in [0.2, 0.25) is 0 Å². The van der Waals surface area contributed by atoms with Crippen LogP contribution in [0.3, 0.4) is 0 Å². The Hall–Kier alpha value is -3.06. The van der Waals surface area contributed by atoms with Crippen molar-refractivity contribution in [3.05, 3.63) is 58.7 Å². The van der Waals surface area contributed by atoms with Crippen molar-refractivity contribution in [1.29, 1.82) is 0 Å². The van der Waals surface area contributed by atoms with Gasteiger partial charge >= 0.3 is 5.97 Å². The van der Waals surface area contributed by atoms with Gasteiger partial charge in [-0.25, -0.2) is 4.79 Å². The van der Waals surface area contributed by atoms with Crippen molar-refractivity contribution in [2.24, 2.45) is 0 Å². The van der Waals surface area contributed by atoms with Crippen molar-refractivity contribution >= 4 is 11.9 Å². The Morgan fingerprint density at radius 3 is 2.46 bits per heavy atom. The molecule has 0 bridgehead atoms. The molecule has 2 N–H and O–H groups in total. The highest BCUT2D eigenvalue weighted by molar-refractivity contribution is 5.89. The van der Waals surface area contributed by atoms with Gasteiger partial charge in [-0.05, 0) is 30.2 Å². The van der Waals surface area contributed by atoms with Crippen LogP contribution < -0.4 is 9.47 Å². The first-order valence-corrected chi connectivity index (χ1v) is 8.97. The number of aromatic carboxylic acids is 1. The number of aryl methyl sites for hydroxylation is 1. The summed E-state index contributed by atoms with van der Waals surface area (Å²) in [4.78, 5) is 25.7. The van der Waals surface area contributed by atoms with Gasteiger partial charge in [0, 0.05) is 24.1 Å². The van der Waals surface area contributed by atoms with Crippen LogP contribution in [0.25, 0.3) is 0 Å². The molecule has 0 aromatic heterocycles. The molecule has 0 saturated heterocycles. The second kappa shape index (κ2) is 8.31. The van der Waals surface area contributed by atoms with Crippen molar-refractivity contribution < 1.29 is 29.3 Å². The lowest BCUT2D eigenvalue weighted by molar-refractivity contribution is -0.134. The van der Waals surface area contributed by atoms with Gasteiger partial charge in [-0.15, -0.1) is 0 Å². The number of aliphatic hydroxyl groups is 1. The van der Waals surface area contributed by atoms with Gasteiger partial charge in [0.1, 0.15) is 17.6 Å². The van der Waals surface area contributed by atoms with Gasteiger partial charge in [0.2, 0.25) is 5.91 Å². The van der Waals surface area contributed by atoms with Gasteiger partial charge < -0.3 is 24.6 Å². The molecule has 0 saturated carbocycles. The normalized spacial score (nSPS) is 15.7. The summed E-state index contributed by atoms with van der Waals surface area (Å²) in [5.41, 5.74) is 2.17. The molecule has 0 radical (unpaired) electrons. The third-order valence-electron chi connectivity index (χ3n) is 5.00. The fourth-order valence-electron chi connectivity index (χ4n) is 3.61. The zero-order valence-electron chi connectivity index (χ0n) is 15.8. The molecule has 28 heavy (non-hydrogen) atoms. The fraction of sp³-hybridized carbons (Fsp3) is 0.333. The van der Waals surface area contributed by atoms with E-state index in [0.29, 0.717) is 35.6 Å². The number of aliphatic hydroxyl groups excluding tert-OH is 1. The van der Waals surface area contributed by atoms with Crippen LogP contribution in [-0.2, 0) is 17.8 Å². The van der Waals surface area contributed by atoms with Gasteiger partial charge in [-0.3, -0.25) is 4.79 Å². The van der Waals surface area contributed by atoms with E-state index in [2.05, 4.69) is 0 Å². The lowest BCUT2D eigenvalue weighted by Gasteiger charge is -2.34. The van der Waals surface area contributed by atoms with Gasteiger partial charge in [-0.1, -0.05) is 18.2 Å². The molecule has 3 rings (SSSR count). The highest BCUT2D eigenvalue weighted by atomic mass is 16.5. The predicted octanol–water partition coefficient (Wildman–Crippen LogP) is 2.41. The van der Waals surface area contributed by atoms with Crippen LogP contribution in [0.15, 0.2) is 36.4 Å². The van der Waals surface area contributed by atoms with E-state index < -0.39 is 12.1 Å². The summed E-state index contributed by atoms with van der Waals surface area (Å²) in [5, 5.41) is 19.9. The second-order valence-electron chi connectivity index (χ2n) is 6.61. The number of carboxylic acid groups (broad SMARTS) is 1. The zero-order valence-corrected chi connectivity index (χ0v) is 15.8. The molecular formula is C21H23NO6. The smallest absolute Gasteiger partial charge is 0.335 e. The molecule has 1 amide bonds. The first kappa shape index (κ1) is 19.7. The molecule has 0 aliphatic carbocycles. The summed E-state index contributed by atoms with van der Waals surface area (Å²) >= 11 is 0. The van der Waals surface area contributed by atoms with Crippen molar-refractivity contribution in [3.8, 4) is 11.5 Å². The van der Waals surface area contributed by atoms with E-state index in [-0.39, 0.29) is 24.4 Å². The molecule has 1 heterocycles. The standard InChI is InChI=1S/C21H23NO6/c1-27-17-8-9-18(28-2)20-15(17)11-22(12-16(20)23)19(24)10-7-13-5-3-4-6-14(13)21(25)26/h3-6,8-9,16,23H,7,10-12H2,1-2H3,(H,25,26). The van der Waals surface area contributed by atoms with Gasteiger partial charge in [-0.2, -0.15) is 0 Å². The minimum Gasteiger partial charge on any atom is -0.496 e. The predicted molar refractivity (Wildman–Crippen MR) is 102 cm³/mol. The van der Waals surface area contributed by atoms with E-state index in [1.807, 2.05) is 0 Å². The van der Waals surface area contributed by atoms with Crippen LogP contribution >= 0.6 is 0 Å². The molecule has 1 aliphatic rings. The van der Waals surface area contributed by atoms with Crippen LogP contribution in [0.5, 0.6) is 11.5 Å². The summed E-state index contributed by atoms with van der Waals surface area (Å²) in [6.07, 6.45) is -0.418. The Labute approximate surface area is 163 Å². The molecule has 7 nitrogen and oxygen atoms in total. The average Bonchev–Trinajstić information content (AvgIpc) is 2.71. The average molecular weight is 385 g/mol. The summed E-state index contributed by atoms with van der Waals surface area (Å²) in [6.45, 7) is 0.447. The van der Waals surface area contributed by atoms with E-state index in [4.69, 9.17) is 9.47 Å². The molecule has 2 aromatic rings. The van der Waals surface area contributed by atoms with E-state index in [1.54, 1.807) is 35.2 Å². The fourth-order valence-corrected chi connectivity index (χ4v) is 3.61. The van der Waals surface area contributed by atoms with Gasteiger partial charge in [0.15, 0.2) is 0 Å². The number of carbonyl (C=O) groups is 2. The molecule has 148 valence electrons. The lowest BCUT2D eigenvalue weighted by atomic mass is 9.94. The largest absolute Gasteiger partial charge is 0.496 e. The summed E-state index contributed by atoms with van der Waals surface area (Å²) in [5.74, 6) is -0.0219. The molecule has 1 unspecified atom stereocenters. The van der Waals surface area contributed by atoms with E-state index in [1.165, 1.54) is 20.3 Å². The molecule has 0 fully saturated rings. The van der Waals surface area contributed by atoms with E-state index in [9.17, 15) is 19.8 Å². The maximum Gasteiger partial charge on any atom is 0.335 e. The van der Waals surface area contributed by atoms with Crippen molar-refractivity contribution in [2.45, 2.75) is 25.5 Å². The Morgan fingerprint density at radius 1 is 1.11 bits per heavy atom.